The molecule has 0 saturated heterocycles. The summed E-state index contributed by atoms with van der Waals surface area (Å²) in [5.74, 6) is 1.44. The van der Waals surface area contributed by atoms with Crippen molar-refractivity contribution in [2.75, 3.05) is 19.8 Å². The lowest BCUT2D eigenvalue weighted by molar-refractivity contribution is 0.325. The van der Waals surface area contributed by atoms with Crippen LogP contribution in [-0.4, -0.2) is 24.7 Å². The van der Waals surface area contributed by atoms with Crippen LogP contribution in [-0.2, 0) is 0 Å². The Balaban J connectivity index is 3.14. The van der Waals surface area contributed by atoms with Crippen molar-refractivity contribution < 1.29 is 0 Å². The quantitative estimate of drug-likeness (QED) is 0.782. The van der Waals surface area contributed by atoms with Crippen LogP contribution in [0.1, 0.15) is 42.5 Å². The zero-order valence-electron chi connectivity index (χ0n) is 11.0. The highest BCUT2D eigenvalue weighted by Crippen LogP contribution is 2.26. The van der Waals surface area contributed by atoms with E-state index in [4.69, 9.17) is 0 Å². The van der Waals surface area contributed by atoms with Crippen LogP contribution < -0.4 is 0 Å². The fraction of sp³-hybridized carbons (Fsp3) is 0.571. The van der Waals surface area contributed by atoms with Crippen molar-refractivity contribution in [1.29, 1.82) is 0 Å². The Bertz CT molecular complexity index is 345. The van der Waals surface area contributed by atoms with Crippen molar-refractivity contribution in [3.8, 4) is 0 Å². The third-order valence-electron chi connectivity index (χ3n) is 3.13. The number of benzene rings is 1. The molecule has 0 radical (unpaired) electrons. The number of thiol groups is 1. The molecule has 1 rings (SSSR count). The van der Waals surface area contributed by atoms with Crippen LogP contribution in [0.3, 0.4) is 0 Å². The molecule has 1 aromatic rings. The van der Waals surface area contributed by atoms with E-state index >= 15 is 0 Å². The summed E-state index contributed by atoms with van der Waals surface area (Å²) >= 11 is 4.46. The van der Waals surface area contributed by atoms with Crippen molar-refractivity contribution in [1.82, 2.24) is 4.90 Å². The first-order valence-corrected chi connectivity index (χ1v) is 6.48. The molecule has 0 aliphatic carbocycles. The highest BCUT2D eigenvalue weighted by atomic mass is 32.1. The van der Waals surface area contributed by atoms with Gasteiger partial charge >= 0.3 is 0 Å². The Morgan fingerprint density at radius 2 is 1.88 bits per heavy atom. The van der Waals surface area contributed by atoms with Gasteiger partial charge in [0.2, 0.25) is 0 Å². The van der Waals surface area contributed by atoms with Crippen LogP contribution in [0.15, 0.2) is 18.2 Å². The van der Waals surface area contributed by atoms with Crippen LogP contribution in [0.5, 0.6) is 0 Å². The summed E-state index contributed by atoms with van der Waals surface area (Å²) in [4.78, 5) is 2.24. The Morgan fingerprint density at radius 3 is 2.31 bits per heavy atom. The van der Waals surface area contributed by atoms with Crippen LogP contribution in [0.25, 0.3) is 0 Å². The monoisotopic (exact) mass is 237 g/mol. The molecule has 0 saturated carbocycles. The molecular weight excluding hydrogens is 214 g/mol. The summed E-state index contributed by atoms with van der Waals surface area (Å²) in [5.41, 5.74) is 4.18. The maximum atomic E-state index is 4.46. The van der Waals surface area contributed by atoms with Crippen molar-refractivity contribution in [2.45, 2.75) is 32.7 Å². The first kappa shape index (κ1) is 13.6. The largest absolute Gasteiger partial charge is 0.302 e. The van der Waals surface area contributed by atoms with Gasteiger partial charge in [-0.05, 0) is 43.6 Å². The van der Waals surface area contributed by atoms with Gasteiger partial charge in [-0.15, -0.1) is 0 Å². The van der Waals surface area contributed by atoms with Crippen LogP contribution in [0.4, 0.5) is 0 Å². The van der Waals surface area contributed by atoms with Crippen molar-refractivity contribution in [2.24, 2.45) is 0 Å². The first-order chi connectivity index (χ1) is 7.47. The highest BCUT2D eigenvalue weighted by molar-refractivity contribution is 7.80. The molecule has 1 atom stereocenters. The average molecular weight is 237 g/mol. The second-order valence-electron chi connectivity index (χ2n) is 4.93. The standard InChI is InChI=1S/C14H23NS/c1-10(2)12-7-6-11(3)13(8-12)14(9-16)15(4)5/h6-8,10,14,16H,9H2,1-5H3. The molecule has 1 unspecified atom stereocenters. The molecule has 0 fully saturated rings. The minimum atomic E-state index is 0.405. The maximum absolute atomic E-state index is 4.46. The fourth-order valence-corrected chi connectivity index (χ4v) is 2.44. The zero-order chi connectivity index (χ0) is 12.3. The van der Waals surface area contributed by atoms with Gasteiger partial charge in [0.1, 0.15) is 0 Å². The maximum Gasteiger partial charge on any atom is 0.0432 e. The average Bonchev–Trinajstić information content (AvgIpc) is 2.20. The van der Waals surface area contributed by atoms with Gasteiger partial charge in [-0.3, -0.25) is 0 Å². The molecule has 1 aromatic carbocycles. The molecule has 1 nitrogen and oxygen atoms in total. The predicted octanol–water partition coefficient (Wildman–Crippen LogP) is 3.65. The van der Waals surface area contributed by atoms with E-state index in [2.05, 4.69) is 70.6 Å². The number of nitrogens with zero attached hydrogens (tertiary/aromatic N) is 1. The van der Waals surface area contributed by atoms with E-state index in [0.29, 0.717) is 12.0 Å². The third kappa shape index (κ3) is 3.02. The van der Waals surface area contributed by atoms with Crippen LogP contribution >= 0.6 is 12.6 Å². The summed E-state index contributed by atoms with van der Waals surface area (Å²) in [5, 5.41) is 0. The van der Waals surface area contributed by atoms with Gasteiger partial charge in [-0.2, -0.15) is 12.6 Å². The molecule has 0 spiro atoms. The topological polar surface area (TPSA) is 3.24 Å². The molecule has 0 bridgehead atoms. The van der Waals surface area contributed by atoms with E-state index in [9.17, 15) is 0 Å². The Morgan fingerprint density at radius 1 is 1.25 bits per heavy atom. The third-order valence-corrected chi connectivity index (χ3v) is 3.47. The van der Waals surface area contributed by atoms with E-state index in [0.717, 1.165) is 5.75 Å². The molecule has 16 heavy (non-hydrogen) atoms. The molecule has 0 heterocycles. The van der Waals surface area contributed by atoms with Gasteiger partial charge in [0.25, 0.3) is 0 Å². The van der Waals surface area contributed by atoms with E-state index in [1.807, 2.05) is 0 Å². The van der Waals surface area contributed by atoms with Crippen LogP contribution in [0, 0.1) is 6.92 Å². The second-order valence-corrected chi connectivity index (χ2v) is 5.30. The molecule has 2 heteroatoms. The molecule has 0 aliphatic rings. The molecular formula is C14H23NS. The van der Waals surface area contributed by atoms with Crippen molar-refractivity contribution >= 4 is 12.6 Å². The summed E-state index contributed by atoms with van der Waals surface area (Å²) in [7, 11) is 4.23. The summed E-state index contributed by atoms with van der Waals surface area (Å²) in [6, 6.07) is 7.20. The molecule has 0 aromatic heterocycles. The highest BCUT2D eigenvalue weighted by Gasteiger charge is 2.15. The molecule has 90 valence electrons. The lowest BCUT2D eigenvalue weighted by atomic mass is 9.94. The first-order valence-electron chi connectivity index (χ1n) is 5.85. The van der Waals surface area contributed by atoms with E-state index < -0.39 is 0 Å². The minimum Gasteiger partial charge on any atom is -0.302 e. The van der Waals surface area contributed by atoms with Gasteiger partial charge in [-0.1, -0.05) is 32.0 Å². The lowest BCUT2D eigenvalue weighted by Crippen LogP contribution is -2.22. The number of hydrogen-bond donors (Lipinski definition) is 1. The minimum absolute atomic E-state index is 0.405. The molecule has 0 N–H and O–H groups in total. The SMILES string of the molecule is Cc1ccc(C(C)C)cc1C(CS)N(C)C. The van der Waals surface area contributed by atoms with Gasteiger partial charge in [-0.25, -0.2) is 0 Å². The zero-order valence-corrected chi connectivity index (χ0v) is 11.9. The fourth-order valence-electron chi connectivity index (χ4n) is 1.92. The second kappa shape index (κ2) is 5.74. The van der Waals surface area contributed by atoms with Gasteiger partial charge < -0.3 is 4.90 Å². The Kier molecular flexibility index (Phi) is 4.88. The van der Waals surface area contributed by atoms with E-state index in [1.54, 1.807) is 0 Å². The predicted molar refractivity (Wildman–Crippen MR) is 75.5 cm³/mol. The molecule has 0 amide bonds. The number of rotatable bonds is 4. The van der Waals surface area contributed by atoms with E-state index in [-0.39, 0.29) is 0 Å². The van der Waals surface area contributed by atoms with E-state index in [1.165, 1.54) is 16.7 Å². The van der Waals surface area contributed by atoms with Crippen LogP contribution in [0.2, 0.25) is 0 Å². The number of aryl methyl sites for hydroxylation is 1. The van der Waals surface area contributed by atoms with Crippen molar-refractivity contribution in [3.63, 3.8) is 0 Å². The smallest absolute Gasteiger partial charge is 0.0432 e. The normalized spacial score (nSPS) is 13.5. The molecule has 0 aliphatic heterocycles. The van der Waals surface area contributed by atoms with Crippen molar-refractivity contribution in [3.05, 3.63) is 34.9 Å². The van der Waals surface area contributed by atoms with Gasteiger partial charge in [0.05, 0.1) is 0 Å². The number of hydrogen-bond acceptors (Lipinski definition) is 2. The van der Waals surface area contributed by atoms with Gasteiger partial charge in [0.15, 0.2) is 0 Å². The Hall–Kier alpha value is -0.470. The summed E-state index contributed by atoms with van der Waals surface area (Å²) in [6.07, 6.45) is 0. The van der Waals surface area contributed by atoms with Gasteiger partial charge in [0, 0.05) is 11.8 Å². The Labute approximate surface area is 105 Å². The lowest BCUT2D eigenvalue weighted by Gasteiger charge is -2.25. The summed E-state index contributed by atoms with van der Waals surface area (Å²) in [6.45, 7) is 6.65. The summed E-state index contributed by atoms with van der Waals surface area (Å²) < 4.78 is 0.